The molecule has 3 aromatic rings. The van der Waals surface area contributed by atoms with E-state index in [4.69, 9.17) is 4.74 Å². The van der Waals surface area contributed by atoms with E-state index in [2.05, 4.69) is 77.0 Å². The Hall–Kier alpha value is -1.94. The van der Waals surface area contributed by atoms with Crippen molar-refractivity contribution in [2.75, 3.05) is 19.7 Å². The lowest BCUT2D eigenvalue weighted by Crippen LogP contribution is -2.42. The van der Waals surface area contributed by atoms with Crippen LogP contribution in [0.5, 0.6) is 0 Å². The lowest BCUT2D eigenvalue weighted by Gasteiger charge is -2.40. The lowest BCUT2D eigenvalue weighted by molar-refractivity contribution is -0.0684. The van der Waals surface area contributed by atoms with E-state index in [0.29, 0.717) is 6.10 Å². The molecule has 0 saturated carbocycles. The zero-order chi connectivity index (χ0) is 20.9. The first-order valence-electron chi connectivity index (χ1n) is 11.8. The van der Waals surface area contributed by atoms with Gasteiger partial charge >= 0.3 is 0 Å². The molecule has 3 heterocycles. The van der Waals surface area contributed by atoms with Gasteiger partial charge in [-0.1, -0.05) is 60.7 Å². The number of aryl methyl sites for hydroxylation is 1. The Kier molecular flexibility index (Phi) is 6.54. The molecule has 5 rings (SSSR count). The molecule has 2 atom stereocenters. The predicted molar refractivity (Wildman–Crippen MR) is 130 cm³/mol. The summed E-state index contributed by atoms with van der Waals surface area (Å²) in [4.78, 5) is 4.07. The third kappa shape index (κ3) is 4.79. The monoisotopic (exact) mass is 431 g/mol. The highest BCUT2D eigenvalue weighted by molar-refractivity contribution is 7.13. The Morgan fingerprint density at radius 2 is 1.84 bits per heavy atom. The zero-order valence-electron chi connectivity index (χ0n) is 18.3. The minimum Gasteiger partial charge on any atom is -0.378 e. The molecule has 1 aromatic heterocycles. The maximum Gasteiger partial charge on any atom is 0.0644 e. The SMILES string of the molecule is c1ccc(CCC2(C3CCCCO3)CCN(Cc3ccccc3-c3cccs3)C2)cc1. The number of ether oxygens (including phenoxy) is 1. The Bertz CT molecular complexity index is 948. The van der Waals surface area contributed by atoms with E-state index >= 15 is 0 Å². The second-order valence-electron chi connectivity index (χ2n) is 9.30. The average molecular weight is 432 g/mol. The highest BCUT2D eigenvalue weighted by Gasteiger charge is 2.45. The van der Waals surface area contributed by atoms with Crippen molar-refractivity contribution < 1.29 is 4.74 Å². The Morgan fingerprint density at radius 1 is 0.968 bits per heavy atom. The first-order valence-corrected chi connectivity index (χ1v) is 12.7. The highest BCUT2D eigenvalue weighted by Crippen LogP contribution is 2.44. The summed E-state index contributed by atoms with van der Waals surface area (Å²) in [6.07, 6.45) is 7.83. The van der Waals surface area contributed by atoms with Crippen molar-refractivity contribution in [3.63, 3.8) is 0 Å². The largest absolute Gasteiger partial charge is 0.378 e. The number of thiophene rings is 1. The molecule has 0 bridgehead atoms. The smallest absolute Gasteiger partial charge is 0.0644 e. The standard InChI is InChI=1S/C28H33NOS/c1-2-9-23(10-3-1)15-16-28(27-14-6-7-19-30-27)17-18-29(22-28)21-24-11-4-5-12-25(24)26-13-8-20-31-26/h1-5,8-13,20,27H,6-7,14-19,21-22H2. The number of benzene rings is 2. The third-order valence-electron chi connectivity index (χ3n) is 7.28. The normalized spacial score (nSPS) is 24.5. The second kappa shape index (κ2) is 9.68. The minimum atomic E-state index is 0.286. The van der Waals surface area contributed by atoms with Crippen molar-refractivity contribution in [3.05, 3.63) is 83.2 Å². The van der Waals surface area contributed by atoms with Crippen molar-refractivity contribution >= 4 is 11.3 Å². The van der Waals surface area contributed by atoms with Gasteiger partial charge in [0.1, 0.15) is 0 Å². The van der Waals surface area contributed by atoms with Gasteiger partial charge in [-0.25, -0.2) is 0 Å². The molecular weight excluding hydrogens is 398 g/mol. The van der Waals surface area contributed by atoms with Gasteiger partial charge in [-0.3, -0.25) is 4.90 Å². The van der Waals surface area contributed by atoms with E-state index in [9.17, 15) is 0 Å². The van der Waals surface area contributed by atoms with E-state index in [1.807, 2.05) is 11.3 Å². The van der Waals surface area contributed by atoms with Crippen molar-refractivity contribution in [2.24, 2.45) is 5.41 Å². The molecule has 2 saturated heterocycles. The molecule has 2 unspecified atom stereocenters. The lowest BCUT2D eigenvalue weighted by atomic mass is 9.74. The molecule has 31 heavy (non-hydrogen) atoms. The van der Waals surface area contributed by atoms with Crippen molar-refractivity contribution in [2.45, 2.75) is 51.2 Å². The van der Waals surface area contributed by atoms with Crippen molar-refractivity contribution in [3.8, 4) is 10.4 Å². The molecule has 0 N–H and O–H groups in total. The van der Waals surface area contributed by atoms with E-state index in [-0.39, 0.29) is 5.41 Å². The van der Waals surface area contributed by atoms with Crippen LogP contribution < -0.4 is 0 Å². The van der Waals surface area contributed by atoms with Crippen LogP contribution >= 0.6 is 11.3 Å². The minimum absolute atomic E-state index is 0.286. The van der Waals surface area contributed by atoms with E-state index in [1.54, 1.807) is 0 Å². The molecule has 3 heteroatoms. The summed E-state index contributed by atoms with van der Waals surface area (Å²) < 4.78 is 6.41. The summed E-state index contributed by atoms with van der Waals surface area (Å²) >= 11 is 1.84. The fourth-order valence-electron chi connectivity index (χ4n) is 5.58. The number of hydrogen-bond donors (Lipinski definition) is 0. The maximum atomic E-state index is 6.41. The first kappa shape index (κ1) is 20.9. The van der Waals surface area contributed by atoms with Gasteiger partial charge in [0.15, 0.2) is 0 Å². The van der Waals surface area contributed by atoms with Crippen LogP contribution in [0.4, 0.5) is 0 Å². The van der Waals surface area contributed by atoms with E-state index in [1.165, 1.54) is 60.2 Å². The summed E-state index contributed by atoms with van der Waals surface area (Å²) in [6.45, 7) is 4.31. The summed E-state index contributed by atoms with van der Waals surface area (Å²) in [5.74, 6) is 0. The summed E-state index contributed by atoms with van der Waals surface area (Å²) in [6, 6.07) is 24.4. The van der Waals surface area contributed by atoms with Gasteiger partial charge in [-0.15, -0.1) is 11.3 Å². The fraction of sp³-hybridized carbons (Fsp3) is 0.429. The van der Waals surface area contributed by atoms with Crippen LogP contribution in [0.3, 0.4) is 0 Å². The zero-order valence-corrected chi connectivity index (χ0v) is 19.2. The van der Waals surface area contributed by atoms with Crippen LogP contribution in [-0.2, 0) is 17.7 Å². The second-order valence-corrected chi connectivity index (χ2v) is 10.2. The quantitative estimate of drug-likeness (QED) is 0.407. The summed E-state index contributed by atoms with van der Waals surface area (Å²) in [5.41, 5.74) is 4.59. The van der Waals surface area contributed by atoms with Crippen LogP contribution in [-0.4, -0.2) is 30.7 Å². The number of rotatable bonds is 7. The Morgan fingerprint density at radius 3 is 2.65 bits per heavy atom. The Balaban J connectivity index is 1.33. The summed E-state index contributed by atoms with van der Waals surface area (Å²) in [7, 11) is 0. The number of likely N-dealkylation sites (tertiary alicyclic amines) is 1. The fourth-order valence-corrected chi connectivity index (χ4v) is 6.37. The van der Waals surface area contributed by atoms with Gasteiger partial charge < -0.3 is 4.74 Å². The third-order valence-corrected chi connectivity index (χ3v) is 8.18. The average Bonchev–Trinajstić information content (AvgIpc) is 3.51. The molecule has 0 aliphatic carbocycles. The predicted octanol–water partition coefficient (Wildman–Crippen LogP) is 6.81. The van der Waals surface area contributed by atoms with Crippen LogP contribution in [0, 0.1) is 5.41 Å². The number of hydrogen-bond acceptors (Lipinski definition) is 3. The van der Waals surface area contributed by atoms with Crippen LogP contribution in [0.15, 0.2) is 72.1 Å². The van der Waals surface area contributed by atoms with Gasteiger partial charge in [-0.05, 0) is 73.2 Å². The molecule has 2 aliphatic rings. The van der Waals surface area contributed by atoms with Crippen LogP contribution in [0.1, 0.15) is 43.2 Å². The maximum absolute atomic E-state index is 6.41. The molecule has 162 valence electrons. The molecule has 0 spiro atoms. The molecular formula is C28H33NOS. The molecule has 2 aliphatic heterocycles. The van der Waals surface area contributed by atoms with Gasteiger partial charge in [0, 0.05) is 30.0 Å². The van der Waals surface area contributed by atoms with Crippen molar-refractivity contribution in [1.29, 1.82) is 0 Å². The van der Waals surface area contributed by atoms with Gasteiger partial charge in [0.05, 0.1) is 6.10 Å². The van der Waals surface area contributed by atoms with Crippen molar-refractivity contribution in [1.82, 2.24) is 4.90 Å². The molecule has 2 nitrogen and oxygen atoms in total. The summed E-state index contributed by atoms with van der Waals surface area (Å²) in [5, 5.41) is 2.18. The number of nitrogens with zero attached hydrogens (tertiary/aromatic N) is 1. The molecule has 0 amide bonds. The van der Waals surface area contributed by atoms with Crippen LogP contribution in [0.2, 0.25) is 0 Å². The van der Waals surface area contributed by atoms with E-state index in [0.717, 1.165) is 26.1 Å². The Labute approximate surface area is 190 Å². The van der Waals surface area contributed by atoms with Crippen LogP contribution in [0.25, 0.3) is 10.4 Å². The molecule has 2 fully saturated rings. The molecule has 0 radical (unpaired) electrons. The topological polar surface area (TPSA) is 12.5 Å². The molecule has 2 aromatic carbocycles. The first-order chi connectivity index (χ1) is 15.3. The highest BCUT2D eigenvalue weighted by atomic mass is 32.1. The van der Waals surface area contributed by atoms with E-state index < -0.39 is 0 Å². The van der Waals surface area contributed by atoms with Gasteiger partial charge in [0.2, 0.25) is 0 Å². The van der Waals surface area contributed by atoms with Gasteiger partial charge in [-0.2, -0.15) is 0 Å². The van der Waals surface area contributed by atoms with Gasteiger partial charge in [0.25, 0.3) is 0 Å².